The number of piperidine rings is 1. The van der Waals surface area contributed by atoms with E-state index < -0.39 is 0 Å². The maximum atomic E-state index is 13.2. The smallest absolute Gasteiger partial charge is 0.293 e. The molecule has 2 aromatic heterocycles. The second-order valence-electron chi connectivity index (χ2n) is 12.0. The maximum absolute atomic E-state index is 13.2. The number of carbonyl (C=O) groups excluding carboxylic acids is 2. The number of hydrogen-bond acceptors (Lipinski definition) is 7. The van der Waals surface area contributed by atoms with Gasteiger partial charge in [0, 0.05) is 53.8 Å². The molecule has 9 nitrogen and oxygen atoms in total. The fourth-order valence-electron chi connectivity index (χ4n) is 6.17. The molecule has 1 unspecified atom stereocenters. The zero-order valence-corrected chi connectivity index (χ0v) is 26.2. The van der Waals surface area contributed by atoms with Crippen molar-refractivity contribution in [1.82, 2.24) is 14.5 Å². The van der Waals surface area contributed by atoms with Gasteiger partial charge in [-0.2, -0.15) is 0 Å². The Morgan fingerprint density at radius 1 is 1.09 bits per heavy atom. The average molecular weight is 611 g/mol. The molecule has 0 saturated carbocycles. The van der Waals surface area contributed by atoms with Gasteiger partial charge in [-0.05, 0) is 92.8 Å². The quantitative estimate of drug-likeness (QED) is 0.225. The summed E-state index contributed by atoms with van der Waals surface area (Å²) in [6, 6.07) is 12.8. The average Bonchev–Trinajstić information content (AvgIpc) is 3.45. The lowest BCUT2D eigenvalue weighted by Gasteiger charge is -2.31. The summed E-state index contributed by atoms with van der Waals surface area (Å²) in [6.45, 7) is 5.55. The van der Waals surface area contributed by atoms with Crippen LogP contribution in [0.3, 0.4) is 0 Å². The third-order valence-corrected chi connectivity index (χ3v) is 9.87. The summed E-state index contributed by atoms with van der Waals surface area (Å²) in [5.41, 5.74) is 11.6. The van der Waals surface area contributed by atoms with Gasteiger partial charge in [0.05, 0.1) is 16.1 Å². The van der Waals surface area contributed by atoms with Gasteiger partial charge >= 0.3 is 0 Å². The van der Waals surface area contributed by atoms with Crippen LogP contribution in [0.4, 0.5) is 22.9 Å². The Morgan fingerprint density at radius 2 is 1.91 bits per heavy atom. The minimum Gasteiger partial charge on any atom is -0.398 e. The van der Waals surface area contributed by atoms with Gasteiger partial charge in [0.2, 0.25) is 0 Å². The molecule has 0 bridgehead atoms. The number of rotatable bonds is 6. The number of likely N-dealkylation sites (tertiary alicyclic amines) is 1. The Labute approximate surface area is 261 Å². The van der Waals surface area contributed by atoms with Crippen LogP contribution in [0.1, 0.15) is 68.6 Å². The molecule has 44 heavy (non-hydrogen) atoms. The number of nitrogens with one attached hydrogen (secondary N) is 2. The third-order valence-electron chi connectivity index (χ3n) is 8.64. The third kappa shape index (κ3) is 5.99. The van der Waals surface area contributed by atoms with Gasteiger partial charge in [0.1, 0.15) is 0 Å². The number of thiophene rings is 1. The molecule has 1 atom stereocenters. The van der Waals surface area contributed by atoms with Crippen LogP contribution in [0.15, 0.2) is 53.5 Å². The fourth-order valence-corrected chi connectivity index (χ4v) is 7.32. The van der Waals surface area contributed by atoms with Crippen molar-refractivity contribution < 1.29 is 9.59 Å². The summed E-state index contributed by atoms with van der Waals surface area (Å²) in [7, 11) is 1.67. The topological polar surface area (TPSA) is 122 Å². The molecule has 1 aliphatic carbocycles. The number of carbonyl (C=O) groups is 2. The molecule has 2 amide bonds. The maximum Gasteiger partial charge on any atom is 0.293 e. The molecule has 6 rings (SSSR count). The van der Waals surface area contributed by atoms with E-state index in [1.807, 2.05) is 36.1 Å². The SMILES string of the molecule is Cc1c(NC(=O)c2cc3c(s2)CCCC3)cccc1-c1cn(C)c(=O)c(Nc2ccc(C(=O)N3CCCC(C)C3)c(N)c2)n1. The summed E-state index contributed by atoms with van der Waals surface area (Å²) in [5, 5.41) is 6.20. The molecular weight excluding hydrogens is 572 g/mol. The molecule has 4 aromatic rings. The molecule has 1 saturated heterocycles. The molecule has 1 aliphatic heterocycles. The summed E-state index contributed by atoms with van der Waals surface area (Å²) >= 11 is 1.59. The molecule has 2 aliphatic rings. The van der Waals surface area contributed by atoms with Crippen LogP contribution in [0.25, 0.3) is 11.3 Å². The number of nitrogens with zero attached hydrogens (tertiary/aromatic N) is 3. The molecule has 1 fully saturated rings. The number of nitrogens with two attached hydrogens (primary N) is 1. The van der Waals surface area contributed by atoms with Crippen molar-refractivity contribution >= 4 is 46.0 Å². The van der Waals surface area contributed by atoms with Gasteiger partial charge < -0.3 is 25.8 Å². The normalized spacial score (nSPS) is 16.3. The van der Waals surface area contributed by atoms with Crippen molar-refractivity contribution in [2.45, 2.75) is 52.4 Å². The largest absolute Gasteiger partial charge is 0.398 e. The second kappa shape index (κ2) is 12.3. The first kappa shape index (κ1) is 29.6. The molecule has 0 radical (unpaired) electrons. The summed E-state index contributed by atoms with van der Waals surface area (Å²) in [6.07, 6.45) is 8.23. The molecule has 228 valence electrons. The zero-order valence-electron chi connectivity index (χ0n) is 25.4. The summed E-state index contributed by atoms with van der Waals surface area (Å²) in [5.74, 6) is 0.412. The number of fused-ring (bicyclic) bond motifs is 1. The van der Waals surface area contributed by atoms with Crippen LogP contribution in [0, 0.1) is 12.8 Å². The molecular formula is C34H38N6O3S. The van der Waals surface area contributed by atoms with Gasteiger partial charge in [-0.1, -0.05) is 19.1 Å². The highest BCUT2D eigenvalue weighted by Crippen LogP contribution is 2.32. The van der Waals surface area contributed by atoms with Crippen molar-refractivity contribution in [1.29, 1.82) is 0 Å². The van der Waals surface area contributed by atoms with Crippen molar-refractivity contribution in [3.63, 3.8) is 0 Å². The van der Waals surface area contributed by atoms with E-state index in [2.05, 4.69) is 22.5 Å². The summed E-state index contributed by atoms with van der Waals surface area (Å²) < 4.78 is 1.48. The van der Waals surface area contributed by atoms with Gasteiger partial charge in [0.25, 0.3) is 17.4 Å². The number of hydrogen-bond donors (Lipinski definition) is 3. The Balaban J connectivity index is 1.23. The predicted molar refractivity (Wildman–Crippen MR) is 177 cm³/mol. The second-order valence-corrected chi connectivity index (χ2v) is 13.2. The van der Waals surface area contributed by atoms with Crippen LogP contribution in [0.5, 0.6) is 0 Å². The highest BCUT2D eigenvalue weighted by atomic mass is 32.1. The van der Waals surface area contributed by atoms with E-state index in [4.69, 9.17) is 5.73 Å². The highest BCUT2D eigenvalue weighted by Gasteiger charge is 2.24. The Morgan fingerprint density at radius 3 is 2.68 bits per heavy atom. The molecule has 3 heterocycles. The van der Waals surface area contributed by atoms with E-state index in [-0.39, 0.29) is 23.2 Å². The number of benzene rings is 2. The van der Waals surface area contributed by atoms with Crippen LogP contribution >= 0.6 is 11.3 Å². The van der Waals surface area contributed by atoms with Gasteiger partial charge in [-0.3, -0.25) is 14.4 Å². The van der Waals surface area contributed by atoms with Crippen molar-refractivity contribution in [3.8, 4) is 11.3 Å². The van der Waals surface area contributed by atoms with Crippen molar-refractivity contribution in [3.05, 3.63) is 85.5 Å². The van der Waals surface area contributed by atoms with Gasteiger partial charge in [0.15, 0.2) is 5.82 Å². The van der Waals surface area contributed by atoms with Gasteiger partial charge in [-0.15, -0.1) is 11.3 Å². The lowest BCUT2D eigenvalue weighted by atomic mass is 9.99. The summed E-state index contributed by atoms with van der Waals surface area (Å²) in [4.78, 5) is 48.0. The van der Waals surface area contributed by atoms with Crippen LogP contribution in [-0.4, -0.2) is 39.4 Å². The minimum absolute atomic E-state index is 0.0715. The number of anilines is 4. The molecule has 2 aromatic carbocycles. The monoisotopic (exact) mass is 610 g/mol. The van der Waals surface area contributed by atoms with Gasteiger partial charge in [-0.25, -0.2) is 4.98 Å². The first-order valence-electron chi connectivity index (χ1n) is 15.2. The number of aromatic nitrogens is 2. The van der Waals surface area contributed by atoms with E-state index in [0.717, 1.165) is 54.8 Å². The number of nitrogen functional groups attached to an aromatic ring is 1. The van der Waals surface area contributed by atoms with Crippen molar-refractivity contribution in [2.75, 3.05) is 29.5 Å². The lowest BCUT2D eigenvalue weighted by molar-refractivity contribution is 0.0684. The zero-order chi connectivity index (χ0) is 31.0. The van der Waals surface area contributed by atoms with Crippen molar-refractivity contribution in [2.24, 2.45) is 13.0 Å². The van der Waals surface area contributed by atoms with E-state index in [1.54, 1.807) is 42.8 Å². The standard InChI is InChI=1S/C34H38N6O3S/c1-20-8-7-15-40(18-20)33(42)25-14-13-23(17-26(25)35)36-31-34(43)39(3)19-28(37-31)24-10-6-11-27(21(24)2)38-32(41)30-16-22-9-4-5-12-29(22)44-30/h6,10-11,13-14,16-17,19-20H,4-5,7-9,12,15,18,35H2,1-3H3,(H,36,37)(H,38,41). The number of aryl methyl sites for hydroxylation is 3. The van der Waals surface area contributed by atoms with Crippen LogP contribution < -0.4 is 21.9 Å². The minimum atomic E-state index is -0.307. The number of amides is 2. The van der Waals surface area contributed by atoms with Crippen LogP contribution in [-0.2, 0) is 19.9 Å². The Bertz CT molecular complexity index is 1790. The highest BCUT2D eigenvalue weighted by molar-refractivity contribution is 7.14. The molecule has 10 heteroatoms. The lowest BCUT2D eigenvalue weighted by Crippen LogP contribution is -2.39. The molecule has 4 N–H and O–H groups in total. The Kier molecular flexibility index (Phi) is 8.27. The fraction of sp³-hybridized carbons (Fsp3) is 0.353. The van der Waals surface area contributed by atoms with E-state index >= 15 is 0 Å². The Hall–Kier alpha value is -4.44. The van der Waals surface area contributed by atoms with E-state index in [0.29, 0.717) is 34.2 Å². The van der Waals surface area contributed by atoms with E-state index in [9.17, 15) is 14.4 Å². The van der Waals surface area contributed by atoms with Crippen LogP contribution in [0.2, 0.25) is 0 Å². The molecule has 0 spiro atoms. The van der Waals surface area contributed by atoms with E-state index in [1.165, 1.54) is 27.8 Å². The predicted octanol–water partition coefficient (Wildman–Crippen LogP) is 6.15. The first-order valence-corrected chi connectivity index (χ1v) is 16.1. The first-order chi connectivity index (χ1) is 21.2.